The number of hydrogen-bond donors (Lipinski definition) is 3. The van der Waals surface area contributed by atoms with Crippen molar-refractivity contribution in [3.63, 3.8) is 0 Å². The van der Waals surface area contributed by atoms with E-state index >= 15 is 0 Å². The Morgan fingerprint density at radius 1 is 1.39 bits per heavy atom. The van der Waals surface area contributed by atoms with Crippen LogP contribution in [0.1, 0.15) is 18.9 Å². The molecule has 0 aliphatic heterocycles. The fraction of sp³-hybridized carbons (Fsp3) is 0.417. The minimum absolute atomic E-state index is 0.0201. The van der Waals surface area contributed by atoms with Crippen molar-refractivity contribution in [1.82, 2.24) is 4.72 Å². The number of aryl methyl sites for hydroxylation is 1. The Kier molecular flexibility index (Phi) is 5.30. The second kappa shape index (κ2) is 6.51. The van der Waals surface area contributed by atoms with Gasteiger partial charge in [-0.2, -0.15) is 0 Å². The molecule has 0 aliphatic carbocycles. The minimum atomic E-state index is -3.33. The Balaban J connectivity index is 2.47. The van der Waals surface area contributed by atoms with Crippen molar-refractivity contribution in [1.29, 1.82) is 5.41 Å². The third-order valence-electron chi connectivity index (χ3n) is 2.41. The molecule has 0 radical (unpaired) electrons. The lowest BCUT2D eigenvalue weighted by atomic mass is 10.2. The molecule has 0 amide bonds. The molecule has 100 valence electrons. The summed E-state index contributed by atoms with van der Waals surface area (Å²) in [6.45, 7) is 1.70. The molecule has 1 aromatic carbocycles. The van der Waals surface area contributed by atoms with Crippen molar-refractivity contribution < 1.29 is 8.42 Å². The Hall–Kier alpha value is -1.40. The molecular formula is C12H19N3O2S. The van der Waals surface area contributed by atoms with Crippen LogP contribution in [0.4, 0.5) is 0 Å². The zero-order chi connectivity index (χ0) is 13.6. The lowest BCUT2D eigenvalue weighted by Crippen LogP contribution is -2.37. The van der Waals surface area contributed by atoms with Gasteiger partial charge in [0.15, 0.2) is 0 Å². The minimum Gasteiger partial charge on any atom is -0.388 e. The third kappa shape index (κ3) is 5.79. The van der Waals surface area contributed by atoms with Crippen molar-refractivity contribution in [3.8, 4) is 0 Å². The number of nitrogens with one attached hydrogen (secondary N) is 2. The second-order valence-electron chi connectivity index (χ2n) is 4.30. The van der Waals surface area contributed by atoms with Crippen molar-refractivity contribution >= 4 is 15.9 Å². The molecule has 1 unspecified atom stereocenters. The van der Waals surface area contributed by atoms with Crippen LogP contribution in [0.5, 0.6) is 0 Å². The van der Waals surface area contributed by atoms with E-state index in [-0.39, 0.29) is 24.1 Å². The van der Waals surface area contributed by atoms with Crippen LogP contribution in [-0.2, 0) is 16.4 Å². The van der Waals surface area contributed by atoms with Gasteiger partial charge in [0, 0.05) is 12.5 Å². The third-order valence-corrected chi connectivity index (χ3v) is 3.91. The summed E-state index contributed by atoms with van der Waals surface area (Å²) < 4.78 is 26.1. The van der Waals surface area contributed by atoms with E-state index in [1.807, 2.05) is 30.3 Å². The molecule has 1 atom stereocenters. The summed E-state index contributed by atoms with van der Waals surface area (Å²) in [7, 11) is -3.33. The molecule has 1 aromatic rings. The van der Waals surface area contributed by atoms with Gasteiger partial charge in [0.05, 0.1) is 11.6 Å². The summed E-state index contributed by atoms with van der Waals surface area (Å²) in [6, 6.07) is 9.11. The smallest absolute Gasteiger partial charge is 0.212 e. The predicted molar refractivity (Wildman–Crippen MR) is 73.1 cm³/mol. The van der Waals surface area contributed by atoms with Gasteiger partial charge in [-0.25, -0.2) is 13.1 Å². The van der Waals surface area contributed by atoms with Gasteiger partial charge in [0.1, 0.15) is 0 Å². The normalized spacial score (nSPS) is 13.2. The van der Waals surface area contributed by atoms with Crippen LogP contribution in [0.15, 0.2) is 30.3 Å². The van der Waals surface area contributed by atoms with Gasteiger partial charge < -0.3 is 5.73 Å². The molecule has 18 heavy (non-hydrogen) atoms. The summed E-state index contributed by atoms with van der Waals surface area (Å²) in [5.41, 5.74) is 6.21. The quantitative estimate of drug-likeness (QED) is 0.506. The van der Waals surface area contributed by atoms with Gasteiger partial charge in [-0.1, -0.05) is 30.3 Å². The number of rotatable bonds is 7. The van der Waals surface area contributed by atoms with E-state index in [1.165, 1.54) is 0 Å². The first kappa shape index (κ1) is 14.7. The molecule has 0 bridgehead atoms. The maximum absolute atomic E-state index is 11.8. The lowest BCUT2D eigenvalue weighted by molar-refractivity contribution is 0.563. The molecule has 0 heterocycles. The highest BCUT2D eigenvalue weighted by Gasteiger charge is 2.14. The van der Waals surface area contributed by atoms with Gasteiger partial charge in [-0.15, -0.1) is 0 Å². The first-order valence-corrected chi connectivity index (χ1v) is 7.41. The number of hydrogen-bond acceptors (Lipinski definition) is 3. The Morgan fingerprint density at radius 3 is 2.56 bits per heavy atom. The van der Waals surface area contributed by atoms with Crippen LogP contribution < -0.4 is 10.5 Å². The number of amidine groups is 1. The van der Waals surface area contributed by atoms with Gasteiger partial charge >= 0.3 is 0 Å². The number of nitrogens with two attached hydrogens (primary N) is 1. The Labute approximate surface area is 108 Å². The van der Waals surface area contributed by atoms with Crippen molar-refractivity contribution in [3.05, 3.63) is 35.9 Å². The first-order chi connectivity index (χ1) is 8.39. The van der Waals surface area contributed by atoms with E-state index in [2.05, 4.69) is 4.72 Å². The standard InChI is InChI=1S/C12H19N3O2S/c1-10(9-12(13)14)15-18(16,17)8-7-11-5-3-2-4-6-11/h2-6,10,15H,7-9H2,1H3,(H3,13,14). The molecule has 1 rings (SSSR count). The summed E-state index contributed by atoms with van der Waals surface area (Å²) in [5.74, 6) is 0.0208. The fourth-order valence-corrected chi connectivity index (χ4v) is 2.95. The highest BCUT2D eigenvalue weighted by Crippen LogP contribution is 2.02. The fourth-order valence-electron chi connectivity index (χ4n) is 1.63. The molecule has 6 heteroatoms. The molecule has 0 fully saturated rings. The molecule has 0 aliphatic rings. The highest BCUT2D eigenvalue weighted by atomic mass is 32.2. The molecule has 0 saturated carbocycles. The van der Waals surface area contributed by atoms with Crippen LogP contribution in [0.3, 0.4) is 0 Å². The zero-order valence-corrected chi connectivity index (χ0v) is 11.2. The average molecular weight is 269 g/mol. The summed E-state index contributed by atoms with van der Waals surface area (Å²) >= 11 is 0. The second-order valence-corrected chi connectivity index (χ2v) is 6.18. The summed E-state index contributed by atoms with van der Waals surface area (Å²) in [5, 5.41) is 7.11. The SMILES string of the molecule is CC(CC(=N)N)NS(=O)(=O)CCc1ccccc1. The molecule has 0 aromatic heterocycles. The first-order valence-electron chi connectivity index (χ1n) is 5.76. The monoisotopic (exact) mass is 269 g/mol. The molecular weight excluding hydrogens is 250 g/mol. The van der Waals surface area contributed by atoms with E-state index in [0.717, 1.165) is 5.56 Å². The van der Waals surface area contributed by atoms with Crippen LogP contribution in [0, 0.1) is 5.41 Å². The average Bonchev–Trinajstić information content (AvgIpc) is 2.26. The number of sulfonamides is 1. The van der Waals surface area contributed by atoms with E-state index in [4.69, 9.17) is 11.1 Å². The van der Waals surface area contributed by atoms with Gasteiger partial charge in [0.2, 0.25) is 10.0 Å². The van der Waals surface area contributed by atoms with Crippen LogP contribution in [-0.4, -0.2) is 26.0 Å². The Bertz CT molecular complexity index is 485. The zero-order valence-electron chi connectivity index (χ0n) is 10.4. The van der Waals surface area contributed by atoms with Gasteiger partial charge in [0.25, 0.3) is 0 Å². The predicted octanol–water partition coefficient (Wildman–Crippen LogP) is 0.863. The summed E-state index contributed by atoms with van der Waals surface area (Å²) in [6.07, 6.45) is 0.702. The maximum atomic E-state index is 11.8. The molecule has 0 spiro atoms. The largest absolute Gasteiger partial charge is 0.388 e. The van der Waals surface area contributed by atoms with E-state index in [0.29, 0.717) is 6.42 Å². The number of benzene rings is 1. The summed E-state index contributed by atoms with van der Waals surface area (Å²) in [4.78, 5) is 0. The highest BCUT2D eigenvalue weighted by molar-refractivity contribution is 7.89. The van der Waals surface area contributed by atoms with Crippen molar-refractivity contribution in [2.75, 3.05) is 5.75 Å². The van der Waals surface area contributed by atoms with Crippen LogP contribution in [0.25, 0.3) is 0 Å². The van der Waals surface area contributed by atoms with E-state index < -0.39 is 10.0 Å². The maximum Gasteiger partial charge on any atom is 0.212 e. The lowest BCUT2D eigenvalue weighted by Gasteiger charge is -2.13. The van der Waals surface area contributed by atoms with Gasteiger partial charge in [-0.05, 0) is 18.9 Å². The van der Waals surface area contributed by atoms with Crippen molar-refractivity contribution in [2.45, 2.75) is 25.8 Å². The van der Waals surface area contributed by atoms with Crippen molar-refractivity contribution in [2.24, 2.45) is 5.73 Å². The topological polar surface area (TPSA) is 96.0 Å². The Morgan fingerprint density at radius 2 is 2.00 bits per heavy atom. The van der Waals surface area contributed by atoms with E-state index in [9.17, 15) is 8.42 Å². The molecule has 5 nitrogen and oxygen atoms in total. The van der Waals surface area contributed by atoms with E-state index in [1.54, 1.807) is 6.92 Å². The molecule has 4 N–H and O–H groups in total. The van der Waals surface area contributed by atoms with Gasteiger partial charge in [-0.3, -0.25) is 5.41 Å². The van der Waals surface area contributed by atoms with Crippen LogP contribution >= 0.6 is 0 Å². The molecule has 0 saturated heterocycles. The van der Waals surface area contributed by atoms with Crippen LogP contribution in [0.2, 0.25) is 0 Å².